The summed E-state index contributed by atoms with van der Waals surface area (Å²) in [5, 5.41) is 16.3. The zero-order valence-electron chi connectivity index (χ0n) is 8.95. The number of aromatic carboxylic acids is 1. The minimum Gasteiger partial charge on any atom is -0.477 e. The van der Waals surface area contributed by atoms with Crippen LogP contribution in [0.15, 0.2) is 0 Å². The van der Waals surface area contributed by atoms with Gasteiger partial charge in [-0.3, -0.25) is 4.68 Å². The van der Waals surface area contributed by atoms with Crippen LogP contribution < -0.4 is 5.32 Å². The molecule has 1 saturated carbocycles. The molecule has 15 heavy (non-hydrogen) atoms. The fraction of sp³-hybridized carbons (Fsp3) is 0.600. The summed E-state index contributed by atoms with van der Waals surface area (Å²) in [6.45, 7) is 2.56. The van der Waals surface area contributed by atoms with Crippen LogP contribution >= 0.6 is 0 Å². The van der Waals surface area contributed by atoms with Gasteiger partial charge in [-0.05, 0) is 25.7 Å². The van der Waals surface area contributed by atoms with Gasteiger partial charge in [0.2, 0.25) is 0 Å². The molecule has 2 rings (SSSR count). The molecule has 1 aromatic rings. The molecule has 0 bridgehead atoms. The van der Waals surface area contributed by atoms with E-state index in [1.165, 1.54) is 12.8 Å². The zero-order valence-corrected chi connectivity index (χ0v) is 8.95. The molecule has 5 heteroatoms. The number of anilines is 1. The lowest BCUT2D eigenvalue weighted by Crippen LogP contribution is -2.11. The molecule has 1 heterocycles. The van der Waals surface area contributed by atoms with Crippen molar-refractivity contribution >= 4 is 11.8 Å². The van der Waals surface area contributed by atoms with E-state index in [2.05, 4.69) is 10.4 Å². The molecule has 0 atom stereocenters. The van der Waals surface area contributed by atoms with Crippen LogP contribution in [0.4, 0.5) is 5.82 Å². The summed E-state index contributed by atoms with van der Waals surface area (Å²) >= 11 is 0. The van der Waals surface area contributed by atoms with E-state index in [-0.39, 0.29) is 5.56 Å². The van der Waals surface area contributed by atoms with Crippen molar-refractivity contribution in [1.29, 1.82) is 0 Å². The number of rotatable bonds is 4. The molecule has 0 saturated heterocycles. The quantitative estimate of drug-likeness (QED) is 0.783. The van der Waals surface area contributed by atoms with Crippen LogP contribution in [0.25, 0.3) is 0 Å². The van der Waals surface area contributed by atoms with Crippen molar-refractivity contribution < 1.29 is 9.90 Å². The predicted octanol–water partition coefficient (Wildman–Crippen LogP) is 1.25. The number of carboxylic acids is 1. The molecular formula is C10H15N3O2. The van der Waals surface area contributed by atoms with Gasteiger partial charge in [0.15, 0.2) is 0 Å². The molecule has 0 aromatic carbocycles. The Hall–Kier alpha value is -1.52. The van der Waals surface area contributed by atoms with Gasteiger partial charge in [-0.15, -0.1) is 0 Å². The average molecular weight is 209 g/mol. The van der Waals surface area contributed by atoms with Gasteiger partial charge in [-0.1, -0.05) is 0 Å². The van der Waals surface area contributed by atoms with E-state index >= 15 is 0 Å². The third kappa shape index (κ3) is 1.95. The van der Waals surface area contributed by atoms with Gasteiger partial charge in [0.05, 0.1) is 5.69 Å². The minimum absolute atomic E-state index is 0.290. The first-order valence-corrected chi connectivity index (χ1v) is 5.10. The number of carboxylic acid groups (broad SMARTS) is 1. The first-order valence-electron chi connectivity index (χ1n) is 5.10. The van der Waals surface area contributed by atoms with Crippen LogP contribution in [0.5, 0.6) is 0 Å². The van der Waals surface area contributed by atoms with Gasteiger partial charge in [-0.25, -0.2) is 4.79 Å². The molecule has 0 unspecified atom stereocenters. The molecular weight excluding hydrogens is 194 g/mol. The van der Waals surface area contributed by atoms with Crippen molar-refractivity contribution in [2.24, 2.45) is 13.0 Å². The maximum Gasteiger partial charge on any atom is 0.341 e. The summed E-state index contributed by atoms with van der Waals surface area (Å²) < 4.78 is 1.60. The Kier molecular flexibility index (Phi) is 2.38. The highest BCUT2D eigenvalue weighted by atomic mass is 16.4. The topological polar surface area (TPSA) is 67.2 Å². The highest BCUT2D eigenvalue weighted by Crippen LogP contribution is 2.29. The van der Waals surface area contributed by atoms with Crippen LogP contribution in [0.3, 0.4) is 0 Å². The SMILES string of the molecule is Cc1nn(C)c(NCC2CC2)c1C(=O)O. The van der Waals surface area contributed by atoms with Crippen molar-refractivity contribution in [1.82, 2.24) is 9.78 Å². The maximum atomic E-state index is 11.0. The number of nitrogens with one attached hydrogen (secondary N) is 1. The predicted molar refractivity (Wildman–Crippen MR) is 56.1 cm³/mol. The van der Waals surface area contributed by atoms with E-state index in [4.69, 9.17) is 5.11 Å². The summed E-state index contributed by atoms with van der Waals surface area (Å²) in [5.41, 5.74) is 0.849. The number of hydrogen-bond donors (Lipinski definition) is 2. The normalized spacial score (nSPS) is 15.3. The van der Waals surface area contributed by atoms with Crippen LogP contribution in [-0.4, -0.2) is 27.4 Å². The van der Waals surface area contributed by atoms with Gasteiger partial charge in [0, 0.05) is 13.6 Å². The van der Waals surface area contributed by atoms with Crippen LogP contribution in [0, 0.1) is 12.8 Å². The van der Waals surface area contributed by atoms with Crippen LogP contribution in [0.2, 0.25) is 0 Å². The van der Waals surface area contributed by atoms with Gasteiger partial charge < -0.3 is 10.4 Å². The summed E-state index contributed by atoms with van der Waals surface area (Å²) in [6.07, 6.45) is 2.48. The Bertz CT molecular complexity index is 394. The monoisotopic (exact) mass is 209 g/mol. The standard InChI is InChI=1S/C10H15N3O2/c1-6-8(10(14)15)9(13(2)12-6)11-5-7-3-4-7/h7,11H,3-5H2,1-2H3,(H,14,15). The molecule has 1 aromatic heterocycles. The molecule has 1 aliphatic rings. The highest BCUT2D eigenvalue weighted by Gasteiger charge is 2.24. The van der Waals surface area contributed by atoms with Crippen molar-refractivity contribution in [3.63, 3.8) is 0 Å². The van der Waals surface area contributed by atoms with Crippen molar-refractivity contribution in [3.8, 4) is 0 Å². The largest absolute Gasteiger partial charge is 0.477 e. The third-order valence-electron chi connectivity index (χ3n) is 2.69. The minimum atomic E-state index is -0.918. The summed E-state index contributed by atoms with van der Waals surface area (Å²) in [4.78, 5) is 11.0. The summed E-state index contributed by atoms with van der Waals surface area (Å²) in [6, 6.07) is 0. The molecule has 1 fully saturated rings. The first kappa shape index (κ1) is 10.0. The van der Waals surface area contributed by atoms with E-state index in [0.29, 0.717) is 17.4 Å². The lowest BCUT2D eigenvalue weighted by Gasteiger charge is -2.06. The second-order valence-corrected chi connectivity index (χ2v) is 4.06. The molecule has 0 aliphatic heterocycles. The number of nitrogens with zero attached hydrogens (tertiary/aromatic N) is 2. The molecule has 0 spiro atoms. The lowest BCUT2D eigenvalue weighted by atomic mass is 10.2. The zero-order chi connectivity index (χ0) is 11.0. The van der Waals surface area contributed by atoms with Crippen molar-refractivity contribution in [3.05, 3.63) is 11.3 Å². The third-order valence-corrected chi connectivity index (χ3v) is 2.69. The molecule has 2 N–H and O–H groups in total. The van der Waals surface area contributed by atoms with Gasteiger partial charge in [0.1, 0.15) is 11.4 Å². The number of hydrogen-bond acceptors (Lipinski definition) is 3. The van der Waals surface area contributed by atoms with Gasteiger partial charge >= 0.3 is 5.97 Å². The van der Waals surface area contributed by atoms with E-state index < -0.39 is 5.97 Å². The average Bonchev–Trinajstić information content (AvgIpc) is 2.89. The summed E-state index contributed by atoms with van der Waals surface area (Å²) in [5.74, 6) is 0.410. The van der Waals surface area contributed by atoms with Gasteiger partial charge in [0.25, 0.3) is 0 Å². The van der Waals surface area contributed by atoms with E-state index in [1.807, 2.05) is 0 Å². The van der Waals surface area contributed by atoms with Crippen molar-refractivity contribution in [2.45, 2.75) is 19.8 Å². The van der Waals surface area contributed by atoms with Crippen molar-refractivity contribution in [2.75, 3.05) is 11.9 Å². The molecule has 5 nitrogen and oxygen atoms in total. The number of carbonyl (C=O) groups is 1. The molecule has 82 valence electrons. The Morgan fingerprint density at radius 3 is 2.87 bits per heavy atom. The molecule has 0 amide bonds. The first-order chi connectivity index (χ1) is 7.09. The fourth-order valence-corrected chi connectivity index (χ4v) is 1.68. The molecule has 0 radical (unpaired) electrons. The number of aryl methyl sites for hydroxylation is 2. The Labute approximate surface area is 88.1 Å². The second-order valence-electron chi connectivity index (χ2n) is 4.06. The van der Waals surface area contributed by atoms with E-state index in [0.717, 1.165) is 6.54 Å². The van der Waals surface area contributed by atoms with E-state index in [9.17, 15) is 4.79 Å². The van der Waals surface area contributed by atoms with Crippen LogP contribution in [0.1, 0.15) is 28.9 Å². The Morgan fingerprint density at radius 2 is 2.33 bits per heavy atom. The second kappa shape index (κ2) is 3.56. The summed E-state index contributed by atoms with van der Waals surface area (Å²) in [7, 11) is 1.76. The van der Waals surface area contributed by atoms with Gasteiger partial charge in [-0.2, -0.15) is 5.10 Å². The Morgan fingerprint density at radius 1 is 1.67 bits per heavy atom. The van der Waals surface area contributed by atoms with E-state index in [1.54, 1.807) is 18.7 Å². The number of aromatic nitrogens is 2. The lowest BCUT2D eigenvalue weighted by molar-refractivity contribution is 0.0697. The Balaban J connectivity index is 2.21. The fourth-order valence-electron chi connectivity index (χ4n) is 1.68. The molecule has 1 aliphatic carbocycles. The maximum absolute atomic E-state index is 11.0. The van der Waals surface area contributed by atoms with Crippen LogP contribution in [-0.2, 0) is 7.05 Å². The smallest absolute Gasteiger partial charge is 0.341 e. The highest BCUT2D eigenvalue weighted by molar-refractivity contribution is 5.94.